The lowest BCUT2D eigenvalue weighted by Gasteiger charge is -2.17. The molecule has 1 N–H and O–H groups in total. The minimum atomic E-state index is -0.463. The van der Waals surface area contributed by atoms with Gasteiger partial charge in [-0.05, 0) is 43.7 Å². The van der Waals surface area contributed by atoms with Crippen molar-refractivity contribution in [3.63, 3.8) is 0 Å². The van der Waals surface area contributed by atoms with Crippen LogP contribution in [0.3, 0.4) is 0 Å². The van der Waals surface area contributed by atoms with Gasteiger partial charge in [0.2, 0.25) is 5.91 Å². The summed E-state index contributed by atoms with van der Waals surface area (Å²) in [7, 11) is 3.22. The fourth-order valence-corrected chi connectivity index (χ4v) is 3.60. The fourth-order valence-electron chi connectivity index (χ4n) is 3.60. The highest BCUT2D eigenvalue weighted by Crippen LogP contribution is 2.30. The van der Waals surface area contributed by atoms with Crippen molar-refractivity contribution in [2.24, 2.45) is 7.05 Å². The number of aryl methyl sites for hydroxylation is 2. The van der Waals surface area contributed by atoms with Crippen molar-refractivity contribution in [2.75, 3.05) is 20.3 Å². The minimum Gasteiger partial charge on any atom is -0.493 e. The van der Waals surface area contributed by atoms with E-state index in [0.717, 1.165) is 16.6 Å². The monoisotopic (exact) mass is 455 g/mol. The van der Waals surface area contributed by atoms with Crippen LogP contribution in [-0.4, -0.2) is 41.3 Å². The highest BCUT2D eigenvalue weighted by molar-refractivity contribution is 5.78. The number of hydrogen-bond acceptors (Lipinski definition) is 6. The van der Waals surface area contributed by atoms with E-state index in [-0.39, 0.29) is 43.8 Å². The van der Waals surface area contributed by atoms with E-state index in [1.54, 1.807) is 41.3 Å². The number of esters is 1. The number of benzene rings is 2. The van der Waals surface area contributed by atoms with E-state index >= 15 is 0 Å². The minimum absolute atomic E-state index is 0.153. The Balaban J connectivity index is 1.62. The van der Waals surface area contributed by atoms with Crippen LogP contribution in [-0.2, 0) is 27.9 Å². The Labute approximate surface area is 191 Å². The summed E-state index contributed by atoms with van der Waals surface area (Å²) in [4.78, 5) is 36.6. The maximum absolute atomic E-state index is 12.6. The third kappa shape index (κ3) is 5.54. The van der Waals surface area contributed by atoms with Gasteiger partial charge in [-0.2, -0.15) is 0 Å². The molecule has 1 atom stereocenters. The molecule has 0 aliphatic carbocycles. The first kappa shape index (κ1) is 23.9. The second-order valence-electron chi connectivity index (χ2n) is 7.53. The van der Waals surface area contributed by atoms with E-state index in [9.17, 15) is 14.4 Å². The Morgan fingerprint density at radius 3 is 2.52 bits per heavy atom. The van der Waals surface area contributed by atoms with Crippen LogP contribution in [0.4, 0.5) is 0 Å². The number of amides is 1. The van der Waals surface area contributed by atoms with Gasteiger partial charge < -0.3 is 19.5 Å². The molecule has 9 heteroatoms. The predicted octanol–water partition coefficient (Wildman–Crippen LogP) is 2.56. The van der Waals surface area contributed by atoms with Crippen molar-refractivity contribution in [2.45, 2.75) is 32.9 Å². The first-order valence-electron chi connectivity index (χ1n) is 10.8. The van der Waals surface area contributed by atoms with Crippen LogP contribution in [0, 0.1) is 0 Å². The number of fused-ring (bicyclic) bond motifs is 1. The van der Waals surface area contributed by atoms with E-state index in [1.807, 2.05) is 31.2 Å². The first-order chi connectivity index (χ1) is 15.8. The van der Waals surface area contributed by atoms with Crippen LogP contribution in [0.25, 0.3) is 11.0 Å². The van der Waals surface area contributed by atoms with Crippen molar-refractivity contribution < 1.29 is 23.8 Å². The molecule has 3 rings (SSSR count). The van der Waals surface area contributed by atoms with Gasteiger partial charge in [0, 0.05) is 20.0 Å². The Bertz CT molecular complexity index is 1200. The van der Waals surface area contributed by atoms with Gasteiger partial charge in [-0.1, -0.05) is 18.2 Å². The summed E-state index contributed by atoms with van der Waals surface area (Å²) in [6.45, 7) is 3.93. The summed E-state index contributed by atoms with van der Waals surface area (Å²) in [5.41, 5.74) is 2.29. The molecule has 0 radical (unpaired) electrons. The van der Waals surface area contributed by atoms with Gasteiger partial charge in [0.15, 0.2) is 18.1 Å². The number of imidazole rings is 1. The Morgan fingerprint density at radius 2 is 1.82 bits per heavy atom. The van der Waals surface area contributed by atoms with Crippen molar-refractivity contribution in [1.82, 2.24) is 14.5 Å². The van der Waals surface area contributed by atoms with Gasteiger partial charge in [-0.25, -0.2) is 9.59 Å². The summed E-state index contributed by atoms with van der Waals surface area (Å²) in [6, 6.07) is 12.4. The lowest BCUT2D eigenvalue weighted by molar-refractivity contribution is -0.145. The molecule has 0 unspecified atom stereocenters. The van der Waals surface area contributed by atoms with Crippen molar-refractivity contribution in [3.05, 3.63) is 58.5 Å². The highest BCUT2D eigenvalue weighted by Gasteiger charge is 2.16. The van der Waals surface area contributed by atoms with E-state index in [0.29, 0.717) is 11.5 Å². The predicted molar refractivity (Wildman–Crippen MR) is 123 cm³/mol. The molecule has 1 aromatic heterocycles. The molecular weight excluding hydrogens is 426 g/mol. The van der Waals surface area contributed by atoms with Crippen molar-refractivity contribution >= 4 is 22.9 Å². The highest BCUT2D eigenvalue weighted by atomic mass is 16.6. The van der Waals surface area contributed by atoms with Gasteiger partial charge in [0.05, 0.1) is 30.8 Å². The van der Waals surface area contributed by atoms with Gasteiger partial charge in [0.1, 0.15) is 0 Å². The van der Waals surface area contributed by atoms with Crippen LogP contribution < -0.4 is 20.5 Å². The zero-order valence-electron chi connectivity index (χ0n) is 19.3. The fraction of sp³-hybridized carbons (Fsp3) is 0.375. The van der Waals surface area contributed by atoms with Crippen LogP contribution >= 0.6 is 0 Å². The Morgan fingerprint density at radius 1 is 1.09 bits per heavy atom. The van der Waals surface area contributed by atoms with E-state index in [4.69, 9.17) is 14.2 Å². The molecule has 3 aromatic rings. The maximum atomic E-state index is 12.6. The number of rotatable bonds is 10. The molecule has 0 bridgehead atoms. The summed E-state index contributed by atoms with van der Waals surface area (Å²) < 4.78 is 18.9. The zero-order chi connectivity index (χ0) is 24.0. The van der Waals surface area contributed by atoms with Gasteiger partial charge in [-0.3, -0.25) is 13.9 Å². The molecule has 1 amide bonds. The number of aromatic nitrogens is 2. The summed E-state index contributed by atoms with van der Waals surface area (Å²) >= 11 is 0. The second-order valence-corrected chi connectivity index (χ2v) is 7.53. The lowest BCUT2D eigenvalue weighted by atomic mass is 10.1. The topological polar surface area (TPSA) is 101 Å². The zero-order valence-corrected chi connectivity index (χ0v) is 19.3. The average Bonchev–Trinajstić information content (AvgIpc) is 3.06. The number of methoxy groups -OCH3 is 1. The number of ether oxygens (including phenoxy) is 3. The summed E-state index contributed by atoms with van der Waals surface area (Å²) in [5, 5.41) is 2.95. The average molecular weight is 456 g/mol. The molecule has 33 heavy (non-hydrogen) atoms. The van der Waals surface area contributed by atoms with Crippen LogP contribution in [0.5, 0.6) is 11.5 Å². The third-order valence-electron chi connectivity index (χ3n) is 5.33. The molecule has 9 nitrogen and oxygen atoms in total. The van der Waals surface area contributed by atoms with E-state index < -0.39 is 5.97 Å². The SMILES string of the molecule is CCOC(=O)COc1ccc([C@@H](C)NC(=O)CCn2c(=O)n(C)c3ccccc32)cc1OC. The number of carbonyl (C=O) groups is 2. The number of carbonyl (C=O) groups excluding carboxylic acids is 2. The molecule has 176 valence electrons. The Kier molecular flexibility index (Phi) is 7.76. The van der Waals surface area contributed by atoms with Crippen molar-refractivity contribution in [3.8, 4) is 11.5 Å². The Hall–Kier alpha value is -3.75. The van der Waals surface area contributed by atoms with Crippen molar-refractivity contribution in [1.29, 1.82) is 0 Å². The second kappa shape index (κ2) is 10.7. The molecule has 0 spiro atoms. The summed E-state index contributed by atoms with van der Waals surface area (Å²) in [5.74, 6) is 0.210. The third-order valence-corrected chi connectivity index (χ3v) is 5.33. The smallest absolute Gasteiger partial charge is 0.344 e. The molecule has 1 heterocycles. The normalized spacial score (nSPS) is 11.8. The van der Waals surface area contributed by atoms with Crippen LogP contribution in [0.2, 0.25) is 0 Å². The van der Waals surface area contributed by atoms with Crippen LogP contribution in [0.1, 0.15) is 31.9 Å². The number of nitrogens with one attached hydrogen (secondary N) is 1. The van der Waals surface area contributed by atoms with E-state index in [2.05, 4.69) is 5.32 Å². The van der Waals surface area contributed by atoms with Gasteiger partial charge >= 0.3 is 11.7 Å². The van der Waals surface area contributed by atoms with E-state index in [1.165, 1.54) is 7.11 Å². The lowest BCUT2D eigenvalue weighted by Crippen LogP contribution is -2.29. The van der Waals surface area contributed by atoms with Crippen LogP contribution in [0.15, 0.2) is 47.3 Å². The standard InChI is InChI=1S/C24H29N3O6/c1-5-32-23(29)15-33-20-11-10-17(14-21(20)31-4)16(2)25-22(28)12-13-27-19-9-7-6-8-18(19)26(3)24(27)30/h6-11,14,16H,5,12-13,15H2,1-4H3,(H,25,28)/t16-/m1/s1. The van der Waals surface area contributed by atoms with Gasteiger partial charge in [0.25, 0.3) is 0 Å². The van der Waals surface area contributed by atoms with Gasteiger partial charge in [-0.15, -0.1) is 0 Å². The maximum Gasteiger partial charge on any atom is 0.344 e. The molecular formula is C24H29N3O6. The number of hydrogen-bond donors (Lipinski definition) is 1. The molecule has 2 aromatic carbocycles. The quantitative estimate of drug-likeness (QED) is 0.472. The molecule has 0 aliphatic heterocycles. The largest absolute Gasteiger partial charge is 0.493 e. The first-order valence-corrected chi connectivity index (χ1v) is 10.8. The molecule has 0 aliphatic rings. The number of para-hydroxylation sites is 2. The molecule has 0 saturated heterocycles. The molecule has 0 fully saturated rings. The molecule has 0 saturated carbocycles. The summed E-state index contributed by atoms with van der Waals surface area (Å²) in [6.07, 6.45) is 0.163. The number of nitrogens with zero attached hydrogens (tertiary/aromatic N) is 2.